The molecule has 0 aliphatic carbocycles. The van der Waals surface area contributed by atoms with E-state index in [4.69, 9.17) is 17.8 Å². The lowest BCUT2D eigenvalue weighted by atomic mass is 9.93. The molecule has 0 fully saturated rings. The van der Waals surface area contributed by atoms with Crippen LogP contribution in [0.4, 0.5) is 0 Å². The first kappa shape index (κ1) is 19.0. The molecule has 2 rings (SSSR count). The van der Waals surface area contributed by atoms with E-state index >= 15 is 0 Å². The SMILES string of the molecule is [B]c1ccc2nc(CC(C)CCCC)c(CC(C)CCC)nc2c1. The molecule has 0 saturated heterocycles. The van der Waals surface area contributed by atoms with Gasteiger partial charge in [-0.15, -0.1) is 0 Å². The van der Waals surface area contributed by atoms with Crippen molar-refractivity contribution in [3.8, 4) is 0 Å². The molecule has 0 saturated carbocycles. The Hall–Kier alpha value is -1.38. The maximum absolute atomic E-state index is 5.93. The second-order valence-corrected chi connectivity index (χ2v) is 7.41. The predicted molar refractivity (Wildman–Crippen MR) is 105 cm³/mol. The van der Waals surface area contributed by atoms with Gasteiger partial charge in [-0.05, 0) is 36.8 Å². The van der Waals surface area contributed by atoms with E-state index in [1.807, 2.05) is 18.2 Å². The fourth-order valence-corrected chi connectivity index (χ4v) is 3.38. The van der Waals surface area contributed by atoms with Crippen molar-refractivity contribution in [2.45, 2.75) is 72.6 Å². The lowest BCUT2D eigenvalue weighted by molar-refractivity contribution is 0.484. The Morgan fingerprint density at radius 2 is 1.50 bits per heavy atom. The zero-order valence-electron chi connectivity index (χ0n) is 15.8. The normalized spacial score (nSPS) is 14.0. The molecule has 0 N–H and O–H groups in total. The van der Waals surface area contributed by atoms with Gasteiger partial charge in [-0.2, -0.15) is 0 Å². The van der Waals surface area contributed by atoms with Crippen molar-refractivity contribution < 1.29 is 0 Å². The Morgan fingerprint density at radius 1 is 0.875 bits per heavy atom. The predicted octanol–water partition coefficient (Wildman–Crippen LogP) is 4.77. The van der Waals surface area contributed by atoms with E-state index in [0.717, 1.165) is 29.3 Å². The molecule has 3 heteroatoms. The smallest absolute Gasteiger partial charge is 0.113 e. The van der Waals surface area contributed by atoms with Crippen LogP contribution in [-0.2, 0) is 12.8 Å². The first-order chi connectivity index (χ1) is 11.5. The van der Waals surface area contributed by atoms with Crippen LogP contribution >= 0.6 is 0 Å². The maximum Gasteiger partial charge on any atom is 0.113 e. The summed E-state index contributed by atoms with van der Waals surface area (Å²) in [4.78, 5) is 9.91. The summed E-state index contributed by atoms with van der Waals surface area (Å²) in [5.41, 5.74) is 5.03. The Labute approximate surface area is 148 Å². The summed E-state index contributed by atoms with van der Waals surface area (Å²) < 4.78 is 0. The van der Waals surface area contributed by atoms with Crippen molar-refractivity contribution in [1.29, 1.82) is 0 Å². The summed E-state index contributed by atoms with van der Waals surface area (Å²) in [6.45, 7) is 9.16. The molecule has 2 nitrogen and oxygen atoms in total. The highest BCUT2D eigenvalue weighted by molar-refractivity contribution is 6.33. The molecule has 128 valence electrons. The minimum absolute atomic E-state index is 0.646. The third-order valence-electron chi connectivity index (χ3n) is 4.76. The molecule has 2 aromatic rings. The summed E-state index contributed by atoms with van der Waals surface area (Å²) in [5, 5.41) is 0. The van der Waals surface area contributed by atoms with Gasteiger partial charge < -0.3 is 0 Å². The van der Waals surface area contributed by atoms with Gasteiger partial charge in [0.25, 0.3) is 0 Å². The largest absolute Gasteiger partial charge is 0.249 e. The van der Waals surface area contributed by atoms with Crippen LogP contribution in [0.25, 0.3) is 11.0 Å². The number of benzene rings is 1. The summed E-state index contributed by atoms with van der Waals surface area (Å²) in [7, 11) is 5.93. The summed E-state index contributed by atoms with van der Waals surface area (Å²) >= 11 is 0. The van der Waals surface area contributed by atoms with Gasteiger partial charge in [-0.1, -0.05) is 71.3 Å². The quantitative estimate of drug-likeness (QED) is 0.621. The highest BCUT2D eigenvalue weighted by atomic mass is 14.8. The summed E-state index contributed by atoms with van der Waals surface area (Å²) in [5.74, 6) is 1.30. The number of hydrogen-bond acceptors (Lipinski definition) is 2. The molecule has 0 spiro atoms. The zero-order valence-corrected chi connectivity index (χ0v) is 15.8. The molecule has 0 bridgehead atoms. The molecule has 2 unspecified atom stereocenters. The first-order valence-corrected chi connectivity index (χ1v) is 9.58. The minimum atomic E-state index is 0.646. The van der Waals surface area contributed by atoms with Crippen molar-refractivity contribution >= 4 is 24.3 Å². The van der Waals surface area contributed by atoms with Crippen LogP contribution in [0.15, 0.2) is 18.2 Å². The van der Waals surface area contributed by atoms with Crippen molar-refractivity contribution in [3.05, 3.63) is 29.6 Å². The van der Waals surface area contributed by atoms with E-state index in [1.165, 1.54) is 43.5 Å². The monoisotopic (exact) mass is 322 g/mol. The second kappa shape index (κ2) is 9.20. The van der Waals surface area contributed by atoms with E-state index < -0.39 is 0 Å². The summed E-state index contributed by atoms with van der Waals surface area (Å²) in [6.07, 6.45) is 8.32. The van der Waals surface area contributed by atoms with Gasteiger partial charge >= 0.3 is 0 Å². The maximum atomic E-state index is 5.93. The van der Waals surface area contributed by atoms with E-state index in [9.17, 15) is 0 Å². The summed E-state index contributed by atoms with van der Waals surface area (Å²) in [6, 6.07) is 5.86. The van der Waals surface area contributed by atoms with E-state index in [0.29, 0.717) is 11.8 Å². The van der Waals surface area contributed by atoms with E-state index in [1.54, 1.807) is 0 Å². The van der Waals surface area contributed by atoms with Crippen molar-refractivity contribution in [2.24, 2.45) is 11.8 Å². The van der Waals surface area contributed by atoms with Gasteiger partial charge in [0.15, 0.2) is 0 Å². The van der Waals surface area contributed by atoms with Crippen LogP contribution in [0.3, 0.4) is 0 Å². The molecule has 0 aliphatic heterocycles. The molecule has 24 heavy (non-hydrogen) atoms. The van der Waals surface area contributed by atoms with Crippen LogP contribution in [-0.4, -0.2) is 17.8 Å². The highest BCUT2D eigenvalue weighted by Crippen LogP contribution is 2.22. The van der Waals surface area contributed by atoms with Crippen molar-refractivity contribution in [2.75, 3.05) is 0 Å². The molecular weight excluding hydrogens is 291 g/mol. The molecule has 1 aromatic heterocycles. The molecule has 0 amide bonds. The highest BCUT2D eigenvalue weighted by Gasteiger charge is 2.15. The number of unbranched alkanes of at least 4 members (excludes halogenated alkanes) is 1. The Balaban J connectivity index is 2.31. The topological polar surface area (TPSA) is 25.8 Å². The average molecular weight is 322 g/mol. The molecule has 2 atom stereocenters. The molecule has 2 radical (unpaired) electrons. The number of aromatic nitrogens is 2. The van der Waals surface area contributed by atoms with Gasteiger partial charge in [0.05, 0.1) is 22.4 Å². The molecule has 0 aliphatic rings. The fraction of sp³-hybridized carbons (Fsp3) is 0.619. The standard InChI is InChI=1S/C21H31BN2/c1-5-7-9-16(4)13-19-20(12-15(3)8-6-2)24-21-14-17(22)10-11-18(21)23-19/h10-11,14-16H,5-9,12-13H2,1-4H3. The van der Waals surface area contributed by atoms with Crippen LogP contribution in [0, 0.1) is 11.8 Å². The van der Waals surface area contributed by atoms with Crippen molar-refractivity contribution in [1.82, 2.24) is 9.97 Å². The van der Waals surface area contributed by atoms with Gasteiger partial charge in [0, 0.05) is 0 Å². The van der Waals surface area contributed by atoms with E-state index in [2.05, 4.69) is 27.7 Å². The van der Waals surface area contributed by atoms with Crippen LogP contribution in [0.5, 0.6) is 0 Å². The molecule has 1 heterocycles. The lowest BCUT2D eigenvalue weighted by Crippen LogP contribution is -2.12. The molecule has 1 aromatic carbocycles. The average Bonchev–Trinajstić information content (AvgIpc) is 2.54. The molecular formula is C21H31BN2. The number of nitrogens with zero attached hydrogens (tertiary/aromatic N) is 2. The Morgan fingerprint density at radius 3 is 2.12 bits per heavy atom. The number of fused-ring (bicyclic) bond motifs is 1. The minimum Gasteiger partial charge on any atom is -0.249 e. The fourth-order valence-electron chi connectivity index (χ4n) is 3.38. The first-order valence-electron chi connectivity index (χ1n) is 9.58. The van der Waals surface area contributed by atoms with Gasteiger partial charge in [-0.25, -0.2) is 9.97 Å². The Bertz CT molecular complexity index is 654. The number of rotatable bonds is 9. The van der Waals surface area contributed by atoms with Crippen molar-refractivity contribution in [3.63, 3.8) is 0 Å². The third-order valence-corrected chi connectivity index (χ3v) is 4.76. The Kier molecular flexibility index (Phi) is 7.26. The second-order valence-electron chi connectivity index (χ2n) is 7.41. The van der Waals surface area contributed by atoms with Gasteiger partial charge in [0.2, 0.25) is 0 Å². The van der Waals surface area contributed by atoms with Crippen LogP contribution in [0.1, 0.15) is 71.2 Å². The van der Waals surface area contributed by atoms with Gasteiger partial charge in [0.1, 0.15) is 7.85 Å². The van der Waals surface area contributed by atoms with Crippen LogP contribution in [0.2, 0.25) is 0 Å². The number of hydrogen-bond donors (Lipinski definition) is 0. The lowest BCUT2D eigenvalue weighted by Gasteiger charge is -2.17. The van der Waals surface area contributed by atoms with Crippen LogP contribution < -0.4 is 5.46 Å². The third kappa shape index (κ3) is 5.32. The zero-order chi connectivity index (χ0) is 17.5. The van der Waals surface area contributed by atoms with Gasteiger partial charge in [-0.3, -0.25) is 0 Å². The van der Waals surface area contributed by atoms with E-state index in [-0.39, 0.29) is 0 Å².